The Morgan fingerprint density at radius 2 is 2.07 bits per heavy atom. The molecule has 4 heteroatoms. The predicted molar refractivity (Wildman–Crippen MR) is 57.3 cm³/mol. The molecular formula is C11H20N2O2. The van der Waals surface area contributed by atoms with Crippen LogP contribution in [0.3, 0.4) is 0 Å². The van der Waals surface area contributed by atoms with E-state index in [0.29, 0.717) is 5.92 Å². The lowest BCUT2D eigenvalue weighted by molar-refractivity contribution is -0.142. The third-order valence-corrected chi connectivity index (χ3v) is 3.46. The molecule has 2 aliphatic heterocycles. The highest BCUT2D eigenvalue weighted by molar-refractivity contribution is 5.81. The van der Waals surface area contributed by atoms with Crippen molar-refractivity contribution >= 4 is 5.91 Å². The molecule has 2 rings (SSSR count). The number of amides is 1. The van der Waals surface area contributed by atoms with Crippen molar-refractivity contribution in [1.29, 1.82) is 0 Å². The van der Waals surface area contributed by atoms with Gasteiger partial charge in [0.25, 0.3) is 5.91 Å². The van der Waals surface area contributed by atoms with Gasteiger partial charge in [-0.05, 0) is 38.1 Å². The SMILES string of the molecule is NCC1CCN(C(=O)[C@H]2CCCO2)CC1. The van der Waals surface area contributed by atoms with Gasteiger partial charge in [-0.25, -0.2) is 0 Å². The average molecular weight is 212 g/mol. The Hall–Kier alpha value is -0.610. The topological polar surface area (TPSA) is 55.6 Å². The third-order valence-electron chi connectivity index (χ3n) is 3.46. The Morgan fingerprint density at radius 1 is 1.33 bits per heavy atom. The van der Waals surface area contributed by atoms with Gasteiger partial charge in [0.15, 0.2) is 0 Å². The van der Waals surface area contributed by atoms with Crippen LogP contribution in [0.1, 0.15) is 25.7 Å². The zero-order chi connectivity index (χ0) is 10.7. The largest absolute Gasteiger partial charge is 0.368 e. The molecule has 2 fully saturated rings. The summed E-state index contributed by atoms with van der Waals surface area (Å²) >= 11 is 0. The van der Waals surface area contributed by atoms with Crippen molar-refractivity contribution < 1.29 is 9.53 Å². The van der Waals surface area contributed by atoms with E-state index in [4.69, 9.17) is 10.5 Å². The summed E-state index contributed by atoms with van der Waals surface area (Å²) in [6, 6.07) is 0. The monoisotopic (exact) mass is 212 g/mol. The fraction of sp³-hybridized carbons (Fsp3) is 0.909. The quantitative estimate of drug-likeness (QED) is 0.719. The molecule has 0 aromatic rings. The van der Waals surface area contributed by atoms with Gasteiger partial charge in [-0.15, -0.1) is 0 Å². The van der Waals surface area contributed by atoms with Crippen LogP contribution in [0.25, 0.3) is 0 Å². The van der Waals surface area contributed by atoms with E-state index in [-0.39, 0.29) is 12.0 Å². The second-order valence-electron chi connectivity index (χ2n) is 4.51. The van der Waals surface area contributed by atoms with Gasteiger partial charge in [0.05, 0.1) is 0 Å². The maximum atomic E-state index is 12.0. The molecule has 1 atom stereocenters. The molecule has 15 heavy (non-hydrogen) atoms. The highest BCUT2D eigenvalue weighted by Crippen LogP contribution is 2.20. The molecule has 2 aliphatic rings. The molecule has 86 valence electrons. The third kappa shape index (κ3) is 2.49. The van der Waals surface area contributed by atoms with Crippen LogP contribution in [0.5, 0.6) is 0 Å². The van der Waals surface area contributed by atoms with Crippen LogP contribution in [-0.2, 0) is 9.53 Å². The second kappa shape index (κ2) is 4.94. The number of ether oxygens (including phenoxy) is 1. The summed E-state index contributed by atoms with van der Waals surface area (Å²) in [4.78, 5) is 13.9. The fourth-order valence-electron chi connectivity index (χ4n) is 2.37. The minimum absolute atomic E-state index is 0.153. The van der Waals surface area contributed by atoms with Crippen molar-refractivity contribution in [3.05, 3.63) is 0 Å². The molecular weight excluding hydrogens is 192 g/mol. The van der Waals surface area contributed by atoms with Gasteiger partial charge >= 0.3 is 0 Å². The van der Waals surface area contributed by atoms with Crippen molar-refractivity contribution in [1.82, 2.24) is 4.90 Å². The van der Waals surface area contributed by atoms with Crippen LogP contribution >= 0.6 is 0 Å². The van der Waals surface area contributed by atoms with Gasteiger partial charge in [-0.2, -0.15) is 0 Å². The van der Waals surface area contributed by atoms with Gasteiger partial charge in [0.2, 0.25) is 0 Å². The van der Waals surface area contributed by atoms with Crippen molar-refractivity contribution in [3.8, 4) is 0 Å². The number of likely N-dealkylation sites (tertiary alicyclic amines) is 1. The van der Waals surface area contributed by atoms with Crippen LogP contribution in [0.4, 0.5) is 0 Å². The Bertz CT molecular complexity index is 219. The van der Waals surface area contributed by atoms with Crippen LogP contribution < -0.4 is 5.73 Å². The van der Waals surface area contributed by atoms with Gasteiger partial charge < -0.3 is 15.4 Å². The van der Waals surface area contributed by atoms with E-state index >= 15 is 0 Å². The minimum Gasteiger partial charge on any atom is -0.368 e. The number of nitrogens with two attached hydrogens (primary N) is 1. The zero-order valence-corrected chi connectivity index (χ0v) is 9.15. The summed E-state index contributed by atoms with van der Waals surface area (Å²) in [7, 11) is 0. The first-order valence-electron chi connectivity index (χ1n) is 5.91. The molecule has 4 nitrogen and oxygen atoms in total. The highest BCUT2D eigenvalue weighted by Gasteiger charge is 2.30. The summed E-state index contributed by atoms with van der Waals surface area (Å²) in [6.45, 7) is 3.22. The maximum absolute atomic E-state index is 12.0. The number of rotatable bonds is 2. The minimum atomic E-state index is -0.153. The molecule has 0 bridgehead atoms. The van der Waals surface area contributed by atoms with Crippen LogP contribution in [0, 0.1) is 5.92 Å². The van der Waals surface area contributed by atoms with Crippen molar-refractivity contribution in [2.75, 3.05) is 26.2 Å². The first kappa shape index (κ1) is 10.9. The molecule has 0 saturated carbocycles. The van der Waals surface area contributed by atoms with E-state index in [1.54, 1.807) is 0 Å². The highest BCUT2D eigenvalue weighted by atomic mass is 16.5. The van der Waals surface area contributed by atoms with E-state index in [9.17, 15) is 4.79 Å². The van der Waals surface area contributed by atoms with Crippen molar-refractivity contribution in [2.24, 2.45) is 11.7 Å². The Labute approximate surface area is 90.8 Å². The van der Waals surface area contributed by atoms with E-state index in [2.05, 4.69) is 0 Å². The standard InChI is InChI=1S/C11H20N2O2/c12-8-9-3-5-13(6-4-9)11(14)10-2-1-7-15-10/h9-10H,1-8,12H2/t10-/m1/s1. The smallest absolute Gasteiger partial charge is 0.251 e. The summed E-state index contributed by atoms with van der Waals surface area (Å²) < 4.78 is 5.41. The molecule has 0 radical (unpaired) electrons. The molecule has 0 aliphatic carbocycles. The van der Waals surface area contributed by atoms with Crippen LogP contribution in [0.15, 0.2) is 0 Å². The summed E-state index contributed by atoms with van der Waals surface area (Å²) in [6.07, 6.45) is 3.87. The lowest BCUT2D eigenvalue weighted by atomic mass is 9.97. The first-order chi connectivity index (χ1) is 7.31. The number of nitrogens with zero attached hydrogens (tertiary/aromatic N) is 1. The Balaban J connectivity index is 1.81. The summed E-state index contributed by atoms with van der Waals surface area (Å²) in [5.41, 5.74) is 5.62. The van der Waals surface area contributed by atoms with Crippen molar-refractivity contribution in [2.45, 2.75) is 31.8 Å². The number of piperidine rings is 1. The van der Waals surface area contributed by atoms with Crippen LogP contribution in [0.2, 0.25) is 0 Å². The lowest BCUT2D eigenvalue weighted by Crippen LogP contribution is -2.44. The fourth-order valence-corrected chi connectivity index (χ4v) is 2.37. The predicted octanol–water partition coefficient (Wildman–Crippen LogP) is 0.363. The average Bonchev–Trinajstić information content (AvgIpc) is 2.82. The molecule has 0 unspecified atom stereocenters. The molecule has 2 saturated heterocycles. The van der Waals surface area contributed by atoms with E-state index < -0.39 is 0 Å². The summed E-state index contributed by atoms with van der Waals surface area (Å²) in [5.74, 6) is 0.807. The molecule has 2 N–H and O–H groups in total. The Morgan fingerprint density at radius 3 is 2.60 bits per heavy atom. The maximum Gasteiger partial charge on any atom is 0.251 e. The second-order valence-corrected chi connectivity index (χ2v) is 4.51. The Kier molecular flexibility index (Phi) is 3.59. The number of hydrogen-bond acceptors (Lipinski definition) is 3. The molecule has 1 amide bonds. The van der Waals surface area contributed by atoms with E-state index in [0.717, 1.165) is 51.9 Å². The summed E-state index contributed by atoms with van der Waals surface area (Å²) in [5, 5.41) is 0. The lowest BCUT2D eigenvalue weighted by Gasteiger charge is -2.32. The number of carbonyl (C=O) groups is 1. The molecule has 0 aromatic heterocycles. The normalized spacial score (nSPS) is 28.3. The van der Waals surface area contributed by atoms with Crippen molar-refractivity contribution in [3.63, 3.8) is 0 Å². The van der Waals surface area contributed by atoms with Gasteiger partial charge in [-0.1, -0.05) is 0 Å². The van der Waals surface area contributed by atoms with Gasteiger partial charge in [-0.3, -0.25) is 4.79 Å². The number of hydrogen-bond donors (Lipinski definition) is 1. The first-order valence-corrected chi connectivity index (χ1v) is 5.91. The molecule has 0 aromatic carbocycles. The van der Waals surface area contributed by atoms with Gasteiger partial charge in [0, 0.05) is 19.7 Å². The van der Waals surface area contributed by atoms with Crippen LogP contribution in [-0.4, -0.2) is 43.2 Å². The van der Waals surface area contributed by atoms with Gasteiger partial charge in [0.1, 0.15) is 6.10 Å². The number of carbonyl (C=O) groups excluding carboxylic acids is 1. The van der Waals surface area contributed by atoms with E-state index in [1.807, 2.05) is 4.90 Å². The molecule has 2 heterocycles. The van der Waals surface area contributed by atoms with E-state index in [1.165, 1.54) is 0 Å². The zero-order valence-electron chi connectivity index (χ0n) is 9.15. The molecule has 0 spiro atoms.